The molecule has 1 nitrogen and oxygen atoms in total. The van der Waals surface area contributed by atoms with Crippen molar-refractivity contribution in [3.8, 4) is 33.5 Å². The molecule has 2 heteroatoms. The standard InChI is InChI=1S/C30H27NSi/c1-32(2,3)28-9-6-8-27(21-28)24-13-11-22(12-14-24)23-15-17-26(18-16-23)30-20-19-25-7-4-5-10-29(25)31-30/h4-21H,1-3H3. The van der Waals surface area contributed by atoms with Crippen molar-refractivity contribution >= 4 is 24.2 Å². The maximum Gasteiger partial charge on any atom is 0.0776 e. The van der Waals surface area contributed by atoms with E-state index in [9.17, 15) is 0 Å². The van der Waals surface area contributed by atoms with Gasteiger partial charge in [0.05, 0.1) is 19.3 Å². The Labute approximate surface area is 191 Å². The molecule has 0 aliphatic rings. The summed E-state index contributed by atoms with van der Waals surface area (Å²) in [5.41, 5.74) is 8.19. The molecule has 32 heavy (non-hydrogen) atoms. The van der Waals surface area contributed by atoms with Crippen molar-refractivity contribution in [3.05, 3.63) is 109 Å². The van der Waals surface area contributed by atoms with Gasteiger partial charge in [-0.1, -0.05) is 122 Å². The van der Waals surface area contributed by atoms with Gasteiger partial charge in [0.2, 0.25) is 0 Å². The summed E-state index contributed by atoms with van der Waals surface area (Å²) in [5, 5.41) is 2.67. The van der Waals surface area contributed by atoms with Gasteiger partial charge in [-0.05, 0) is 34.4 Å². The molecule has 5 aromatic rings. The molecular formula is C30H27NSi. The Morgan fingerprint density at radius 3 is 1.75 bits per heavy atom. The molecule has 0 spiro atoms. The lowest BCUT2D eigenvalue weighted by molar-refractivity contribution is 1.40. The predicted molar refractivity (Wildman–Crippen MR) is 141 cm³/mol. The molecule has 0 fully saturated rings. The van der Waals surface area contributed by atoms with Crippen LogP contribution < -0.4 is 5.19 Å². The summed E-state index contributed by atoms with van der Waals surface area (Å²) >= 11 is 0. The molecule has 0 amide bonds. The van der Waals surface area contributed by atoms with Gasteiger partial charge in [-0.15, -0.1) is 0 Å². The van der Waals surface area contributed by atoms with E-state index in [4.69, 9.17) is 4.98 Å². The van der Waals surface area contributed by atoms with Crippen molar-refractivity contribution in [3.63, 3.8) is 0 Å². The molecule has 0 bridgehead atoms. The van der Waals surface area contributed by atoms with Gasteiger partial charge in [0.25, 0.3) is 0 Å². The van der Waals surface area contributed by atoms with Crippen LogP contribution in [-0.2, 0) is 0 Å². The van der Waals surface area contributed by atoms with Gasteiger partial charge >= 0.3 is 0 Å². The van der Waals surface area contributed by atoms with Crippen molar-refractivity contribution in [2.75, 3.05) is 0 Å². The third-order valence-electron chi connectivity index (χ3n) is 6.06. The average molecular weight is 430 g/mol. The van der Waals surface area contributed by atoms with E-state index in [1.54, 1.807) is 0 Å². The normalized spacial score (nSPS) is 11.6. The highest BCUT2D eigenvalue weighted by atomic mass is 28.3. The smallest absolute Gasteiger partial charge is 0.0776 e. The Morgan fingerprint density at radius 1 is 0.500 bits per heavy atom. The average Bonchev–Trinajstić information content (AvgIpc) is 2.83. The minimum absolute atomic E-state index is 1.01. The van der Waals surface area contributed by atoms with Crippen molar-refractivity contribution < 1.29 is 0 Å². The monoisotopic (exact) mass is 429 g/mol. The Hall–Kier alpha value is -3.49. The Bertz CT molecular complexity index is 1380. The van der Waals surface area contributed by atoms with Gasteiger partial charge in [0.1, 0.15) is 0 Å². The number of hydrogen-bond acceptors (Lipinski definition) is 1. The highest BCUT2D eigenvalue weighted by molar-refractivity contribution is 6.88. The quantitative estimate of drug-likeness (QED) is 0.266. The summed E-state index contributed by atoms with van der Waals surface area (Å²) in [6, 6.07) is 39.1. The highest BCUT2D eigenvalue weighted by Gasteiger charge is 2.16. The van der Waals surface area contributed by atoms with Crippen LogP contribution in [0.3, 0.4) is 0 Å². The van der Waals surface area contributed by atoms with E-state index >= 15 is 0 Å². The van der Waals surface area contributed by atoms with Crippen LogP contribution in [0, 0.1) is 0 Å². The largest absolute Gasteiger partial charge is 0.248 e. The Balaban J connectivity index is 1.40. The minimum Gasteiger partial charge on any atom is -0.248 e. The molecular weight excluding hydrogens is 402 g/mol. The van der Waals surface area contributed by atoms with E-state index in [1.165, 1.54) is 32.8 Å². The SMILES string of the molecule is C[Si](C)(C)c1cccc(-c2ccc(-c3ccc(-c4ccc5ccccc5n4)cc3)cc2)c1. The lowest BCUT2D eigenvalue weighted by Gasteiger charge is -2.17. The molecule has 1 heterocycles. The molecule has 0 unspecified atom stereocenters. The molecule has 4 aromatic carbocycles. The number of hydrogen-bond donors (Lipinski definition) is 0. The molecule has 156 valence electrons. The molecule has 0 N–H and O–H groups in total. The fraction of sp³-hybridized carbons (Fsp3) is 0.100. The summed E-state index contributed by atoms with van der Waals surface area (Å²) in [6.07, 6.45) is 0. The molecule has 5 rings (SSSR count). The number of nitrogens with zero attached hydrogens (tertiary/aromatic N) is 1. The van der Waals surface area contributed by atoms with E-state index in [1.807, 2.05) is 12.1 Å². The zero-order valence-corrected chi connectivity index (χ0v) is 19.8. The van der Waals surface area contributed by atoms with E-state index in [-0.39, 0.29) is 0 Å². The first-order chi connectivity index (χ1) is 15.5. The summed E-state index contributed by atoms with van der Waals surface area (Å²) in [7, 11) is -1.32. The molecule has 0 saturated carbocycles. The maximum atomic E-state index is 4.82. The van der Waals surface area contributed by atoms with Gasteiger partial charge < -0.3 is 0 Å². The van der Waals surface area contributed by atoms with E-state index < -0.39 is 8.07 Å². The van der Waals surface area contributed by atoms with Crippen molar-refractivity contribution in [2.45, 2.75) is 19.6 Å². The fourth-order valence-corrected chi connectivity index (χ4v) is 5.27. The third kappa shape index (κ3) is 4.14. The van der Waals surface area contributed by atoms with Crippen LogP contribution in [0.15, 0.2) is 109 Å². The van der Waals surface area contributed by atoms with Crippen molar-refractivity contribution in [2.24, 2.45) is 0 Å². The van der Waals surface area contributed by atoms with Gasteiger partial charge in [-0.3, -0.25) is 0 Å². The first-order valence-electron chi connectivity index (χ1n) is 11.1. The zero-order valence-electron chi connectivity index (χ0n) is 18.8. The van der Waals surface area contributed by atoms with Crippen LogP contribution in [0.1, 0.15) is 0 Å². The summed E-state index contributed by atoms with van der Waals surface area (Å²) in [5.74, 6) is 0. The number of pyridine rings is 1. The number of fused-ring (bicyclic) bond motifs is 1. The number of benzene rings is 4. The molecule has 0 saturated heterocycles. The van der Waals surface area contributed by atoms with E-state index in [2.05, 4.69) is 117 Å². The summed E-state index contributed by atoms with van der Waals surface area (Å²) < 4.78 is 0. The van der Waals surface area contributed by atoms with Crippen LogP contribution in [0.25, 0.3) is 44.4 Å². The molecule has 0 atom stereocenters. The molecule has 1 aromatic heterocycles. The van der Waals surface area contributed by atoms with Crippen LogP contribution >= 0.6 is 0 Å². The van der Waals surface area contributed by atoms with Gasteiger partial charge in [-0.2, -0.15) is 0 Å². The molecule has 0 radical (unpaired) electrons. The zero-order chi connectivity index (χ0) is 22.1. The Morgan fingerprint density at radius 2 is 1.09 bits per heavy atom. The second kappa shape index (κ2) is 8.21. The first kappa shape index (κ1) is 20.4. The van der Waals surface area contributed by atoms with Crippen LogP contribution in [0.4, 0.5) is 0 Å². The highest BCUT2D eigenvalue weighted by Crippen LogP contribution is 2.28. The molecule has 0 aliphatic heterocycles. The maximum absolute atomic E-state index is 4.82. The Kier molecular flexibility index (Phi) is 5.24. The van der Waals surface area contributed by atoms with Crippen molar-refractivity contribution in [1.29, 1.82) is 0 Å². The van der Waals surface area contributed by atoms with Gasteiger partial charge in [0, 0.05) is 10.9 Å². The van der Waals surface area contributed by atoms with E-state index in [0.717, 1.165) is 16.8 Å². The minimum atomic E-state index is -1.32. The second-order valence-electron chi connectivity index (χ2n) is 9.37. The number of aromatic nitrogens is 1. The third-order valence-corrected chi connectivity index (χ3v) is 8.10. The lowest BCUT2D eigenvalue weighted by Crippen LogP contribution is -2.37. The second-order valence-corrected chi connectivity index (χ2v) is 14.5. The first-order valence-corrected chi connectivity index (χ1v) is 14.6. The molecule has 0 aliphatic carbocycles. The fourth-order valence-electron chi connectivity index (χ4n) is 4.08. The van der Waals surface area contributed by atoms with E-state index in [0.29, 0.717) is 0 Å². The van der Waals surface area contributed by atoms with Crippen LogP contribution in [-0.4, -0.2) is 13.1 Å². The summed E-state index contributed by atoms with van der Waals surface area (Å²) in [6.45, 7) is 7.19. The van der Waals surface area contributed by atoms with Crippen LogP contribution in [0.5, 0.6) is 0 Å². The van der Waals surface area contributed by atoms with Gasteiger partial charge in [-0.25, -0.2) is 4.98 Å². The lowest BCUT2D eigenvalue weighted by atomic mass is 9.99. The number of para-hydroxylation sites is 1. The summed E-state index contributed by atoms with van der Waals surface area (Å²) in [4.78, 5) is 4.82. The van der Waals surface area contributed by atoms with Gasteiger partial charge in [0.15, 0.2) is 0 Å². The number of rotatable bonds is 4. The predicted octanol–water partition coefficient (Wildman–Crippen LogP) is 7.78. The van der Waals surface area contributed by atoms with Crippen molar-refractivity contribution in [1.82, 2.24) is 4.98 Å². The van der Waals surface area contributed by atoms with Crippen LogP contribution in [0.2, 0.25) is 19.6 Å². The topological polar surface area (TPSA) is 12.9 Å².